The summed E-state index contributed by atoms with van der Waals surface area (Å²) in [6.07, 6.45) is 1.32. The summed E-state index contributed by atoms with van der Waals surface area (Å²) in [5.74, 6) is 0.759. The summed E-state index contributed by atoms with van der Waals surface area (Å²) in [5, 5.41) is 0.241. The maximum absolute atomic E-state index is 13.7. The van der Waals surface area contributed by atoms with E-state index >= 15 is 0 Å². The molecular formula is C28H27ClN4O5. The molecule has 0 fully saturated rings. The molecule has 2 N–H and O–H groups in total. The number of nitrogens with zero attached hydrogens (tertiary/aromatic N) is 3. The molecule has 4 rings (SSSR count). The van der Waals surface area contributed by atoms with Crippen LogP contribution >= 0.6 is 11.6 Å². The van der Waals surface area contributed by atoms with Crippen LogP contribution in [0.2, 0.25) is 5.02 Å². The van der Waals surface area contributed by atoms with Crippen molar-refractivity contribution in [3.8, 4) is 17.2 Å². The Morgan fingerprint density at radius 3 is 1.95 bits per heavy atom. The highest BCUT2D eigenvalue weighted by Crippen LogP contribution is 2.27. The van der Waals surface area contributed by atoms with E-state index in [1.165, 1.54) is 13.4 Å². The van der Waals surface area contributed by atoms with Crippen molar-refractivity contribution in [2.45, 2.75) is 13.1 Å². The van der Waals surface area contributed by atoms with Gasteiger partial charge in [0.15, 0.2) is 11.4 Å². The summed E-state index contributed by atoms with van der Waals surface area (Å²) in [6, 6.07) is 19.9. The topological polar surface area (TPSA) is 109 Å². The quantitative estimate of drug-likeness (QED) is 0.247. The second-order valence-electron chi connectivity index (χ2n) is 8.34. The van der Waals surface area contributed by atoms with E-state index in [0.29, 0.717) is 24.6 Å². The van der Waals surface area contributed by atoms with E-state index < -0.39 is 11.5 Å². The van der Waals surface area contributed by atoms with Crippen molar-refractivity contribution in [2.75, 3.05) is 32.0 Å². The van der Waals surface area contributed by atoms with E-state index in [0.717, 1.165) is 15.7 Å². The third-order valence-corrected chi connectivity index (χ3v) is 6.27. The molecule has 0 unspecified atom stereocenters. The fourth-order valence-electron chi connectivity index (χ4n) is 4.02. The Labute approximate surface area is 225 Å². The van der Waals surface area contributed by atoms with Gasteiger partial charge in [0.1, 0.15) is 17.8 Å². The van der Waals surface area contributed by atoms with E-state index in [-0.39, 0.29) is 27.8 Å². The Kier molecular flexibility index (Phi) is 8.18. The number of carbonyl (C=O) groups excluding carboxylic acids is 1. The molecule has 4 aromatic rings. The number of halogens is 1. The molecule has 0 aliphatic rings. The number of esters is 1. The number of nitrogen functional groups attached to an aromatic ring is 1. The Morgan fingerprint density at radius 1 is 0.921 bits per heavy atom. The number of hydrogen-bond acceptors (Lipinski definition) is 8. The van der Waals surface area contributed by atoms with Crippen LogP contribution < -0.4 is 25.7 Å². The molecule has 0 saturated heterocycles. The standard InChI is InChI=1S/C28H27ClN4O5/c1-36-20-11-7-18(8-12-20)15-32(16-19-9-13-21(37-2)14-10-19)26-24(28(35)38-3)27(34)33(17-31-26)25-22(29)5-4-6-23(25)30/h4-14,17H,15-16,30H2,1-3H3. The van der Waals surface area contributed by atoms with Crippen LogP contribution in [-0.4, -0.2) is 36.8 Å². The van der Waals surface area contributed by atoms with E-state index in [4.69, 9.17) is 31.5 Å². The van der Waals surface area contributed by atoms with Crippen LogP contribution in [0.1, 0.15) is 21.5 Å². The molecule has 0 radical (unpaired) electrons. The predicted molar refractivity (Wildman–Crippen MR) is 146 cm³/mol. The minimum atomic E-state index is -0.827. The van der Waals surface area contributed by atoms with Crippen LogP contribution in [-0.2, 0) is 17.8 Å². The first-order valence-electron chi connectivity index (χ1n) is 11.6. The minimum Gasteiger partial charge on any atom is -0.497 e. The SMILES string of the molecule is COC(=O)c1c(N(Cc2ccc(OC)cc2)Cc2ccc(OC)cc2)ncn(-c2c(N)cccc2Cl)c1=O. The van der Waals surface area contributed by atoms with Gasteiger partial charge in [-0.3, -0.25) is 9.36 Å². The summed E-state index contributed by atoms with van der Waals surface area (Å²) < 4.78 is 16.7. The molecule has 0 amide bonds. The van der Waals surface area contributed by atoms with E-state index in [1.807, 2.05) is 53.4 Å². The van der Waals surface area contributed by atoms with Crippen LogP contribution in [0.5, 0.6) is 11.5 Å². The number of rotatable bonds is 9. The first-order valence-corrected chi connectivity index (χ1v) is 12.0. The largest absolute Gasteiger partial charge is 0.497 e. The van der Waals surface area contributed by atoms with Crippen molar-refractivity contribution >= 4 is 29.1 Å². The maximum Gasteiger partial charge on any atom is 0.347 e. The number of carbonyl (C=O) groups is 1. The van der Waals surface area contributed by atoms with Crippen LogP contribution in [0.3, 0.4) is 0 Å². The predicted octanol–water partition coefficient (Wildman–Crippen LogP) is 4.48. The Morgan fingerprint density at radius 2 is 1.47 bits per heavy atom. The highest BCUT2D eigenvalue weighted by atomic mass is 35.5. The average Bonchev–Trinajstić information content (AvgIpc) is 2.93. The summed E-state index contributed by atoms with van der Waals surface area (Å²) in [5.41, 5.74) is 7.54. The number of ether oxygens (including phenoxy) is 3. The number of nitrogens with two attached hydrogens (primary N) is 1. The summed E-state index contributed by atoms with van der Waals surface area (Å²) in [7, 11) is 4.40. The second kappa shape index (κ2) is 11.7. The highest BCUT2D eigenvalue weighted by Gasteiger charge is 2.26. The molecule has 0 spiro atoms. The second-order valence-corrected chi connectivity index (χ2v) is 8.75. The molecule has 196 valence electrons. The fourth-order valence-corrected chi connectivity index (χ4v) is 4.29. The van der Waals surface area contributed by atoms with Gasteiger partial charge in [-0.25, -0.2) is 9.78 Å². The van der Waals surface area contributed by atoms with E-state index in [1.54, 1.807) is 32.4 Å². The fraction of sp³-hybridized carbons (Fsp3) is 0.179. The van der Waals surface area contributed by atoms with Gasteiger partial charge < -0.3 is 24.8 Å². The van der Waals surface area contributed by atoms with Crippen LogP contribution in [0, 0.1) is 0 Å². The van der Waals surface area contributed by atoms with Gasteiger partial charge in [-0.1, -0.05) is 41.9 Å². The number of aromatic nitrogens is 2. The number of para-hydroxylation sites is 1. The van der Waals surface area contributed by atoms with Crippen LogP contribution in [0.25, 0.3) is 5.69 Å². The smallest absolute Gasteiger partial charge is 0.347 e. The van der Waals surface area contributed by atoms with Gasteiger partial charge in [0.05, 0.1) is 37.7 Å². The molecule has 9 nitrogen and oxygen atoms in total. The molecule has 3 aromatic carbocycles. The van der Waals surface area contributed by atoms with Gasteiger partial charge in [-0.2, -0.15) is 0 Å². The van der Waals surface area contributed by atoms with Crippen LogP contribution in [0.4, 0.5) is 11.5 Å². The zero-order chi connectivity index (χ0) is 27.2. The lowest BCUT2D eigenvalue weighted by Gasteiger charge is -2.26. The zero-order valence-electron chi connectivity index (χ0n) is 21.2. The van der Waals surface area contributed by atoms with Crippen LogP contribution in [0.15, 0.2) is 77.9 Å². The molecule has 0 aliphatic heterocycles. The van der Waals surface area contributed by atoms with Gasteiger partial charge in [0.25, 0.3) is 5.56 Å². The monoisotopic (exact) mass is 534 g/mol. The first-order chi connectivity index (χ1) is 18.4. The molecule has 1 aromatic heterocycles. The molecule has 0 bridgehead atoms. The Balaban J connectivity index is 1.85. The number of anilines is 2. The normalized spacial score (nSPS) is 10.6. The lowest BCUT2D eigenvalue weighted by Crippen LogP contribution is -2.33. The van der Waals surface area contributed by atoms with Crippen molar-refractivity contribution in [2.24, 2.45) is 0 Å². The lowest BCUT2D eigenvalue weighted by molar-refractivity contribution is 0.0598. The first kappa shape index (κ1) is 26.6. The minimum absolute atomic E-state index is 0.162. The van der Waals surface area contributed by atoms with Crippen molar-refractivity contribution < 1.29 is 19.0 Å². The molecule has 0 aliphatic carbocycles. The molecule has 1 heterocycles. The van der Waals surface area contributed by atoms with Crippen molar-refractivity contribution in [3.63, 3.8) is 0 Å². The summed E-state index contributed by atoms with van der Waals surface area (Å²) in [6.45, 7) is 0.676. The number of methoxy groups -OCH3 is 3. The van der Waals surface area contributed by atoms with Crippen molar-refractivity contribution in [1.29, 1.82) is 0 Å². The Hall–Kier alpha value is -4.50. The molecular weight excluding hydrogens is 508 g/mol. The highest BCUT2D eigenvalue weighted by molar-refractivity contribution is 6.33. The van der Waals surface area contributed by atoms with Gasteiger partial charge in [-0.05, 0) is 47.5 Å². The summed E-state index contributed by atoms with van der Waals surface area (Å²) >= 11 is 6.35. The van der Waals surface area contributed by atoms with Gasteiger partial charge >= 0.3 is 5.97 Å². The van der Waals surface area contributed by atoms with Gasteiger partial charge in [0, 0.05) is 13.1 Å². The molecule has 0 saturated carbocycles. The average molecular weight is 535 g/mol. The number of hydrogen-bond donors (Lipinski definition) is 1. The summed E-state index contributed by atoms with van der Waals surface area (Å²) in [4.78, 5) is 33.1. The van der Waals surface area contributed by atoms with Gasteiger partial charge in [0.2, 0.25) is 0 Å². The van der Waals surface area contributed by atoms with E-state index in [2.05, 4.69) is 4.98 Å². The van der Waals surface area contributed by atoms with Crippen molar-refractivity contribution in [1.82, 2.24) is 9.55 Å². The Bertz CT molecular complexity index is 1420. The third-order valence-electron chi connectivity index (χ3n) is 5.96. The number of benzene rings is 3. The third kappa shape index (κ3) is 5.57. The molecule has 38 heavy (non-hydrogen) atoms. The van der Waals surface area contributed by atoms with Gasteiger partial charge in [-0.15, -0.1) is 0 Å². The van der Waals surface area contributed by atoms with Crippen molar-refractivity contribution in [3.05, 3.63) is 105 Å². The van der Waals surface area contributed by atoms with E-state index in [9.17, 15) is 9.59 Å². The zero-order valence-corrected chi connectivity index (χ0v) is 21.9. The molecule has 10 heteroatoms. The lowest BCUT2D eigenvalue weighted by atomic mass is 10.1. The maximum atomic E-state index is 13.7. The molecule has 0 atom stereocenters.